The van der Waals surface area contributed by atoms with Gasteiger partial charge in [-0.3, -0.25) is 4.68 Å². The van der Waals surface area contributed by atoms with Gasteiger partial charge in [0.2, 0.25) is 0 Å². The maximum atomic E-state index is 6.10. The normalized spacial score (nSPS) is 16.1. The molecule has 0 fully saturated rings. The number of aromatic nitrogens is 2. The van der Waals surface area contributed by atoms with Crippen LogP contribution >= 0.6 is 0 Å². The zero-order chi connectivity index (χ0) is 14.8. The van der Waals surface area contributed by atoms with E-state index >= 15 is 0 Å². The molecule has 1 atom stereocenters. The first-order chi connectivity index (χ1) is 10.2. The van der Waals surface area contributed by atoms with E-state index in [-0.39, 0.29) is 6.04 Å². The number of hydrogen-bond donors (Lipinski definition) is 1. The number of rotatable bonds is 4. The minimum Gasteiger partial charge on any atom is -0.363 e. The van der Waals surface area contributed by atoms with Gasteiger partial charge in [-0.05, 0) is 38.3 Å². The van der Waals surface area contributed by atoms with Crippen molar-refractivity contribution in [3.05, 3.63) is 47.8 Å². The molecule has 0 bridgehead atoms. The third-order valence-electron chi connectivity index (χ3n) is 4.28. The van der Waals surface area contributed by atoms with Crippen molar-refractivity contribution in [1.82, 2.24) is 9.78 Å². The summed E-state index contributed by atoms with van der Waals surface area (Å²) >= 11 is 0. The molecule has 1 aromatic heterocycles. The van der Waals surface area contributed by atoms with E-state index < -0.39 is 0 Å². The molecule has 0 radical (unpaired) electrons. The summed E-state index contributed by atoms with van der Waals surface area (Å²) in [5.41, 5.74) is 10.1. The molecular formula is C17H24N4. The van der Waals surface area contributed by atoms with E-state index in [1.165, 1.54) is 23.2 Å². The first-order valence-corrected chi connectivity index (χ1v) is 7.79. The number of para-hydroxylation sites is 1. The van der Waals surface area contributed by atoms with Crippen molar-refractivity contribution in [2.24, 2.45) is 5.73 Å². The Morgan fingerprint density at radius 1 is 1.29 bits per heavy atom. The van der Waals surface area contributed by atoms with Crippen molar-refractivity contribution >= 4 is 5.69 Å². The Hall–Kier alpha value is -1.81. The van der Waals surface area contributed by atoms with Gasteiger partial charge in [-0.25, -0.2) is 0 Å². The van der Waals surface area contributed by atoms with Crippen LogP contribution in [0.25, 0.3) is 0 Å². The van der Waals surface area contributed by atoms with Crippen LogP contribution < -0.4 is 10.6 Å². The van der Waals surface area contributed by atoms with Gasteiger partial charge in [0, 0.05) is 36.6 Å². The lowest BCUT2D eigenvalue weighted by Crippen LogP contribution is -2.37. The number of benzene rings is 1. The fourth-order valence-corrected chi connectivity index (χ4v) is 3.14. The van der Waals surface area contributed by atoms with Crippen LogP contribution in [0.2, 0.25) is 0 Å². The van der Waals surface area contributed by atoms with Crippen molar-refractivity contribution in [3.8, 4) is 0 Å². The molecule has 112 valence electrons. The van der Waals surface area contributed by atoms with Crippen molar-refractivity contribution in [2.75, 3.05) is 18.0 Å². The quantitative estimate of drug-likeness (QED) is 0.939. The Labute approximate surface area is 126 Å². The van der Waals surface area contributed by atoms with Gasteiger partial charge < -0.3 is 10.6 Å². The highest BCUT2D eigenvalue weighted by Gasteiger charge is 2.25. The first-order valence-electron chi connectivity index (χ1n) is 7.79. The maximum absolute atomic E-state index is 6.10. The van der Waals surface area contributed by atoms with E-state index in [9.17, 15) is 0 Å². The number of aryl methyl sites for hydroxylation is 1. The zero-order valence-electron chi connectivity index (χ0n) is 12.9. The van der Waals surface area contributed by atoms with Gasteiger partial charge in [-0.2, -0.15) is 5.10 Å². The minimum absolute atomic E-state index is 0.207. The van der Waals surface area contributed by atoms with Gasteiger partial charge in [0.25, 0.3) is 0 Å². The van der Waals surface area contributed by atoms with Crippen LogP contribution in [0.3, 0.4) is 0 Å². The summed E-state index contributed by atoms with van der Waals surface area (Å²) < 4.78 is 2.01. The molecule has 4 nitrogen and oxygen atoms in total. The summed E-state index contributed by atoms with van der Waals surface area (Å²) in [4.78, 5) is 2.44. The lowest BCUT2D eigenvalue weighted by molar-refractivity contribution is 0.530. The van der Waals surface area contributed by atoms with Gasteiger partial charge >= 0.3 is 0 Å². The second kappa shape index (κ2) is 5.90. The second-order valence-electron chi connectivity index (χ2n) is 6.02. The number of nitrogens with two attached hydrogens (primary N) is 1. The predicted octanol–water partition coefficient (Wildman–Crippen LogP) is 2.92. The van der Waals surface area contributed by atoms with E-state index in [1.54, 1.807) is 0 Å². The predicted molar refractivity (Wildman–Crippen MR) is 86.5 cm³/mol. The van der Waals surface area contributed by atoms with Crippen molar-refractivity contribution in [1.29, 1.82) is 0 Å². The highest BCUT2D eigenvalue weighted by molar-refractivity contribution is 5.57. The molecule has 4 heteroatoms. The molecule has 21 heavy (non-hydrogen) atoms. The highest BCUT2D eigenvalue weighted by Crippen LogP contribution is 2.33. The minimum atomic E-state index is 0.207. The summed E-state index contributed by atoms with van der Waals surface area (Å²) in [5.74, 6) is 0. The second-order valence-corrected chi connectivity index (χ2v) is 6.02. The van der Waals surface area contributed by atoms with Gasteiger partial charge in [0.1, 0.15) is 0 Å². The van der Waals surface area contributed by atoms with Gasteiger partial charge in [-0.1, -0.05) is 18.2 Å². The van der Waals surface area contributed by atoms with Crippen LogP contribution in [0.4, 0.5) is 5.69 Å². The summed E-state index contributed by atoms with van der Waals surface area (Å²) in [5, 5.41) is 4.47. The standard InChI is InChI=1S/C17H24N4/c1-13(2)21-12-15(11-19-21)17(10-18)20-9-5-7-14-6-3-4-8-16(14)20/h3-4,6,8,11-13,17H,5,7,9-10,18H2,1-2H3. The van der Waals surface area contributed by atoms with Crippen LogP contribution in [0.1, 0.15) is 43.5 Å². The van der Waals surface area contributed by atoms with Gasteiger partial charge in [0.05, 0.1) is 12.2 Å². The molecule has 2 heterocycles. The molecule has 1 unspecified atom stereocenters. The highest BCUT2D eigenvalue weighted by atomic mass is 15.3. The molecule has 2 N–H and O–H groups in total. The monoisotopic (exact) mass is 284 g/mol. The number of nitrogens with zero attached hydrogens (tertiary/aromatic N) is 3. The van der Waals surface area contributed by atoms with Gasteiger partial charge in [-0.15, -0.1) is 0 Å². The lowest BCUT2D eigenvalue weighted by Gasteiger charge is -2.37. The zero-order valence-corrected chi connectivity index (χ0v) is 12.9. The Bertz CT molecular complexity index is 602. The van der Waals surface area contributed by atoms with E-state index in [0.717, 1.165) is 13.0 Å². The SMILES string of the molecule is CC(C)n1cc(C(CN)N2CCCc3ccccc32)cn1. The topological polar surface area (TPSA) is 47.1 Å². The molecular weight excluding hydrogens is 260 g/mol. The average Bonchev–Trinajstić information content (AvgIpc) is 2.98. The summed E-state index contributed by atoms with van der Waals surface area (Å²) in [6, 6.07) is 9.26. The average molecular weight is 284 g/mol. The molecule has 1 aromatic carbocycles. The van der Waals surface area contributed by atoms with Crippen LogP contribution in [-0.4, -0.2) is 22.9 Å². The molecule has 0 aliphatic carbocycles. The van der Waals surface area contributed by atoms with Crippen LogP contribution in [0, 0.1) is 0 Å². The van der Waals surface area contributed by atoms with Crippen LogP contribution in [0.15, 0.2) is 36.7 Å². The molecule has 1 aliphatic rings. The fraction of sp³-hybridized carbons (Fsp3) is 0.471. The summed E-state index contributed by atoms with van der Waals surface area (Å²) in [6.45, 7) is 5.96. The molecule has 1 aliphatic heterocycles. The smallest absolute Gasteiger partial charge is 0.0695 e. The van der Waals surface area contributed by atoms with Crippen molar-refractivity contribution in [2.45, 2.75) is 38.8 Å². The Morgan fingerprint density at radius 3 is 2.81 bits per heavy atom. The number of fused-ring (bicyclic) bond motifs is 1. The van der Waals surface area contributed by atoms with Crippen molar-refractivity contribution in [3.63, 3.8) is 0 Å². The maximum Gasteiger partial charge on any atom is 0.0695 e. The van der Waals surface area contributed by atoms with E-state index in [0.29, 0.717) is 12.6 Å². The van der Waals surface area contributed by atoms with Gasteiger partial charge in [0.15, 0.2) is 0 Å². The summed E-state index contributed by atoms with van der Waals surface area (Å²) in [7, 11) is 0. The molecule has 3 rings (SSSR count). The Balaban J connectivity index is 1.93. The van der Waals surface area contributed by atoms with E-state index in [4.69, 9.17) is 5.73 Å². The molecule has 2 aromatic rings. The Kier molecular flexibility index (Phi) is 3.97. The largest absolute Gasteiger partial charge is 0.363 e. The molecule has 0 saturated carbocycles. The van der Waals surface area contributed by atoms with E-state index in [1.807, 2.05) is 10.9 Å². The first kappa shape index (κ1) is 14.1. The van der Waals surface area contributed by atoms with Crippen LogP contribution in [-0.2, 0) is 6.42 Å². The number of anilines is 1. The lowest BCUT2D eigenvalue weighted by atomic mass is 9.98. The van der Waals surface area contributed by atoms with E-state index in [2.05, 4.69) is 54.3 Å². The summed E-state index contributed by atoms with van der Waals surface area (Å²) in [6.07, 6.45) is 6.45. The number of hydrogen-bond acceptors (Lipinski definition) is 3. The molecule has 0 amide bonds. The molecule has 0 saturated heterocycles. The Morgan fingerprint density at radius 2 is 2.10 bits per heavy atom. The molecule has 0 spiro atoms. The third-order valence-corrected chi connectivity index (χ3v) is 4.28. The third kappa shape index (κ3) is 2.68. The fourth-order valence-electron chi connectivity index (χ4n) is 3.14. The van der Waals surface area contributed by atoms with Crippen LogP contribution in [0.5, 0.6) is 0 Å². The van der Waals surface area contributed by atoms with Crippen molar-refractivity contribution < 1.29 is 0 Å².